The van der Waals surface area contributed by atoms with Crippen LogP contribution in [0.2, 0.25) is 0 Å². The molecule has 6 nitrogen and oxygen atoms in total. The lowest BCUT2D eigenvalue weighted by Gasteiger charge is -2.33. The standard InChI is InChI=1S/C9H17N5O/c1-6(10)7-2-4-14(5-3-7)8-11-9(15)13-12-8/h6-7H,2-5,10H2,1H3,(H2,11,12,13,15). The van der Waals surface area contributed by atoms with E-state index in [1.54, 1.807) is 0 Å². The summed E-state index contributed by atoms with van der Waals surface area (Å²) < 4.78 is 0. The Balaban J connectivity index is 1.96. The van der Waals surface area contributed by atoms with Crippen LogP contribution in [-0.4, -0.2) is 34.3 Å². The van der Waals surface area contributed by atoms with Gasteiger partial charge in [0.25, 0.3) is 0 Å². The summed E-state index contributed by atoms with van der Waals surface area (Å²) in [6, 6.07) is 0.255. The van der Waals surface area contributed by atoms with E-state index in [-0.39, 0.29) is 11.7 Å². The van der Waals surface area contributed by atoms with E-state index in [1.807, 2.05) is 0 Å². The second-order valence-electron chi connectivity index (χ2n) is 4.18. The number of nitrogens with zero attached hydrogens (tertiary/aromatic N) is 2. The molecule has 1 aromatic heterocycles. The number of aromatic nitrogens is 3. The van der Waals surface area contributed by atoms with Crippen LogP contribution in [0, 0.1) is 5.92 Å². The van der Waals surface area contributed by atoms with Gasteiger partial charge in [-0.1, -0.05) is 0 Å². The van der Waals surface area contributed by atoms with Crippen molar-refractivity contribution in [3.63, 3.8) is 0 Å². The molecule has 0 spiro atoms. The molecule has 4 N–H and O–H groups in total. The molecule has 1 aromatic rings. The van der Waals surface area contributed by atoms with Crippen LogP contribution in [0.1, 0.15) is 19.8 Å². The Hall–Kier alpha value is -1.30. The van der Waals surface area contributed by atoms with Crippen LogP contribution in [0.15, 0.2) is 4.79 Å². The topological polar surface area (TPSA) is 90.8 Å². The number of rotatable bonds is 2. The maximum atomic E-state index is 10.9. The monoisotopic (exact) mass is 211 g/mol. The van der Waals surface area contributed by atoms with E-state index in [0.717, 1.165) is 25.9 Å². The quantitative estimate of drug-likeness (QED) is 0.624. The Morgan fingerprint density at radius 1 is 1.53 bits per heavy atom. The highest BCUT2D eigenvalue weighted by molar-refractivity contribution is 5.27. The van der Waals surface area contributed by atoms with Crippen molar-refractivity contribution >= 4 is 5.95 Å². The summed E-state index contributed by atoms with van der Waals surface area (Å²) >= 11 is 0. The first-order chi connectivity index (χ1) is 7.16. The molecular formula is C9H17N5O. The summed E-state index contributed by atoms with van der Waals surface area (Å²) in [4.78, 5) is 15.6. The molecule has 6 heteroatoms. The van der Waals surface area contributed by atoms with Crippen molar-refractivity contribution in [3.05, 3.63) is 10.5 Å². The van der Waals surface area contributed by atoms with E-state index in [2.05, 4.69) is 27.0 Å². The third-order valence-corrected chi connectivity index (χ3v) is 3.07. The van der Waals surface area contributed by atoms with Gasteiger partial charge in [-0.25, -0.2) is 9.89 Å². The van der Waals surface area contributed by atoms with Crippen LogP contribution in [0.5, 0.6) is 0 Å². The molecule has 1 unspecified atom stereocenters. The SMILES string of the molecule is CC(N)C1CCN(c2n[nH]c(=O)[nH]2)CC1. The second kappa shape index (κ2) is 4.06. The number of hydrogen-bond acceptors (Lipinski definition) is 4. The van der Waals surface area contributed by atoms with Gasteiger partial charge in [0.1, 0.15) is 0 Å². The van der Waals surface area contributed by atoms with Crippen molar-refractivity contribution in [2.24, 2.45) is 11.7 Å². The number of piperidine rings is 1. The lowest BCUT2D eigenvalue weighted by Crippen LogP contribution is -2.40. The Kier molecular flexibility index (Phi) is 2.77. The number of nitrogens with one attached hydrogen (secondary N) is 2. The van der Waals surface area contributed by atoms with Gasteiger partial charge in [-0.2, -0.15) is 0 Å². The summed E-state index contributed by atoms with van der Waals surface area (Å²) in [6.07, 6.45) is 2.12. The highest BCUT2D eigenvalue weighted by Gasteiger charge is 2.23. The zero-order chi connectivity index (χ0) is 10.8. The van der Waals surface area contributed by atoms with E-state index in [1.165, 1.54) is 0 Å². The molecule has 0 amide bonds. The summed E-state index contributed by atoms with van der Waals surface area (Å²) in [6.45, 7) is 3.87. The minimum Gasteiger partial charge on any atom is -0.341 e. The fourth-order valence-corrected chi connectivity index (χ4v) is 2.05. The van der Waals surface area contributed by atoms with Gasteiger partial charge in [-0.05, 0) is 25.7 Å². The third kappa shape index (κ3) is 2.20. The second-order valence-corrected chi connectivity index (χ2v) is 4.18. The molecule has 15 heavy (non-hydrogen) atoms. The maximum Gasteiger partial charge on any atom is 0.342 e. The van der Waals surface area contributed by atoms with Crippen molar-refractivity contribution in [1.82, 2.24) is 15.2 Å². The number of H-pyrrole nitrogens is 2. The van der Waals surface area contributed by atoms with E-state index >= 15 is 0 Å². The molecule has 1 aliphatic heterocycles. The third-order valence-electron chi connectivity index (χ3n) is 3.07. The first-order valence-corrected chi connectivity index (χ1v) is 5.32. The van der Waals surface area contributed by atoms with Gasteiger partial charge in [-0.3, -0.25) is 4.98 Å². The highest BCUT2D eigenvalue weighted by atomic mass is 16.1. The van der Waals surface area contributed by atoms with Gasteiger partial charge in [0.15, 0.2) is 0 Å². The van der Waals surface area contributed by atoms with Crippen LogP contribution in [0.3, 0.4) is 0 Å². The largest absolute Gasteiger partial charge is 0.342 e. The van der Waals surface area contributed by atoms with E-state index in [4.69, 9.17) is 5.73 Å². The summed E-state index contributed by atoms with van der Waals surface area (Å²) in [7, 11) is 0. The normalized spacial score (nSPS) is 20.5. The molecule has 1 saturated heterocycles. The number of nitrogens with two attached hydrogens (primary N) is 1. The Morgan fingerprint density at radius 3 is 2.67 bits per heavy atom. The molecular weight excluding hydrogens is 194 g/mol. The van der Waals surface area contributed by atoms with Gasteiger partial charge in [0, 0.05) is 19.1 Å². The van der Waals surface area contributed by atoms with E-state index < -0.39 is 0 Å². The Morgan fingerprint density at radius 2 is 2.20 bits per heavy atom. The molecule has 0 aliphatic carbocycles. The van der Waals surface area contributed by atoms with Crippen molar-refractivity contribution < 1.29 is 0 Å². The number of hydrogen-bond donors (Lipinski definition) is 3. The fourth-order valence-electron chi connectivity index (χ4n) is 2.05. The van der Waals surface area contributed by atoms with Crippen LogP contribution < -0.4 is 16.3 Å². The van der Waals surface area contributed by atoms with Crippen LogP contribution >= 0.6 is 0 Å². The average Bonchev–Trinajstić information content (AvgIpc) is 2.65. The molecule has 2 heterocycles. The zero-order valence-electron chi connectivity index (χ0n) is 8.86. The summed E-state index contributed by atoms with van der Waals surface area (Å²) in [5, 5.41) is 6.28. The molecule has 0 saturated carbocycles. The van der Waals surface area contributed by atoms with Crippen LogP contribution in [0.4, 0.5) is 5.95 Å². The fraction of sp³-hybridized carbons (Fsp3) is 0.778. The number of anilines is 1. The highest BCUT2D eigenvalue weighted by Crippen LogP contribution is 2.21. The van der Waals surface area contributed by atoms with Gasteiger partial charge < -0.3 is 10.6 Å². The predicted octanol–water partition coefficient (Wildman–Crippen LogP) is -0.338. The molecule has 1 atom stereocenters. The Bertz CT molecular complexity index is 361. The molecule has 84 valence electrons. The predicted molar refractivity (Wildman–Crippen MR) is 57.8 cm³/mol. The smallest absolute Gasteiger partial charge is 0.341 e. The zero-order valence-corrected chi connectivity index (χ0v) is 8.86. The minimum atomic E-state index is -0.251. The van der Waals surface area contributed by atoms with Crippen LogP contribution in [-0.2, 0) is 0 Å². The van der Waals surface area contributed by atoms with Gasteiger partial charge in [0.2, 0.25) is 5.95 Å². The molecule has 1 fully saturated rings. The van der Waals surface area contributed by atoms with Crippen molar-refractivity contribution in [2.45, 2.75) is 25.8 Å². The molecule has 2 rings (SSSR count). The van der Waals surface area contributed by atoms with Crippen molar-refractivity contribution in [1.29, 1.82) is 0 Å². The first kappa shape index (κ1) is 10.2. The van der Waals surface area contributed by atoms with E-state index in [9.17, 15) is 4.79 Å². The van der Waals surface area contributed by atoms with Gasteiger partial charge >= 0.3 is 5.69 Å². The van der Waals surface area contributed by atoms with Crippen molar-refractivity contribution in [3.8, 4) is 0 Å². The molecule has 0 bridgehead atoms. The molecule has 0 aromatic carbocycles. The Labute approximate surface area is 87.9 Å². The number of aromatic amines is 2. The van der Waals surface area contributed by atoms with Crippen molar-refractivity contribution in [2.75, 3.05) is 18.0 Å². The van der Waals surface area contributed by atoms with Gasteiger partial charge in [-0.15, -0.1) is 5.10 Å². The van der Waals surface area contributed by atoms with Gasteiger partial charge in [0.05, 0.1) is 0 Å². The van der Waals surface area contributed by atoms with Crippen LogP contribution in [0.25, 0.3) is 0 Å². The lowest BCUT2D eigenvalue weighted by molar-refractivity contribution is 0.352. The average molecular weight is 211 g/mol. The molecule has 1 aliphatic rings. The first-order valence-electron chi connectivity index (χ1n) is 5.32. The van der Waals surface area contributed by atoms with E-state index in [0.29, 0.717) is 11.9 Å². The maximum absolute atomic E-state index is 10.9. The summed E-state index contributed by atoms with van der Waals surface area (Å²) in [5.41, 5.74) is 5.61. The lowest BCUT2D eigenvalue weighted by atomic mass is 9.91. The minimum absolute atomic E-state index is 0.251. The molecule has 0 radical (unpaired) electrons. The summed E-state index contributed by atoms with van der Waals surface area (Å²) in [5.74, 6) is 1.23.